The Morgan fingerprint density at radius 3 is 2.90 bits per heavy atom. The molecular weight excluding hydrogens is 282 g/mol. The third-order valence-electron chi connectivity index (χ3n) is 3.92. The fourth-order valence-corrected chi connectivity index (χ4v) is 3.51. The lowest BCUT2D eigenvalue weighted by atomic mass is 9.83. The second-order valence-electron chi connectivity index (χ2n) is 5.46. The van der Waals surface area contributed by atoms with Crippen molar-refractivity contribution in [1.82, 2.24) is 15.5 Å². The number of benzene rings is 1. The number of nitrogens with one attached hydrogen (secondary N) is 1. The molecular formula is C16H19N3OS. The Kier molecular flexibility index (Phi) is 4.29. The predicted molar refractivity (Wildman–Crippen MR) is 83.3 cm³/mol. The molecule has 1 N–H and O–H groups in total. The highest BCUT2D eigenvalue weighted by atomic mass is 32.1. The largest absolute Gasteiger partial charge is 0.355 e. The second kappa shape index (κ2) is 6.35. The maximum Gasteiger partial charge on any atom is 0.223 e. The van der Waals surface area contributed by atoms with E-state index in [4.69, 9.17) is 0 Å². The van der Waals surface area contributed by atoms with Crippen molar-refractivity contribution in [3.05, 3.63) is 45.4 Å². The van der Waals surface area contributed by atoms with Gasteiger partial charge in [-0.2, -0.15) is 0 Å². The summed E-state index contributed by atoms with van der Waals surface area (Å²) in [5.74, 6) is 0.279. The molecule has 1 unspecified atom stereocenters. The van der Waals surface area contributed by atoms with Crippen molar-refractivity contribution in [3.63, 3.8) is 0 Å². The highest BCUT2D eigenvalue weighted by Crippen LogP contribution is 2.25. The van der Waals surface area contributed by atoms with Gasteiger partial charge in [-0.25, -0.2) is 0 Å². The summed E-state index contributed by atoms with van der Waals surface area (Å²) in [6.45, 7) is 2.59. The molecule has 0 fully saturated rings. The van der Waals surface area contributed by atoms with Crippen LogP contribution >= 0.6 is 11.3 Å². The number of hydrogen-bond donors (Lipinski definition) is 1. The summed E-state index contributed by atoms with van der Waals surface area (Å²) < 4.78 is 0. The van der Waals surface area contributed by atoms with Crippen molar-refractivity contribution in [1.29, 1.82) is 0 Å². The summed E-state index contributed by atoms with van der Waals surface area (Å²) in [6.07, 6.45) is 3.57. The van der Waals surface area contributed by atoms with E-state index in [9.17, 15) is 4.79 Å². The van der Waals surface area contributed by atoms with Crippen LogP contribution in [0.5, 0.6) is 0 Å². The summed E-state index contributed by atoms with van der Waals surface area (Å²) in [6, 6.07) is 8.43. The highest BCUT2D eigenvalue weighted by Gasteiger charge is 2.24. The molecule has 1 heterocycles. The Morgan fingerprint density at radius 2 is 2.14 bits per heavy atom. The number of aromatic nitrogens is 2. The van der Waals surface area contributed by atoms with E-state index in [1.165, 1.54) is 11.1 Å². The van der Waals surface area contributed by atoms with Crippen LogP contribution in [0, 0.1) is 12.8 Å². The summed E-state index contributed by atoms with van der Waals surface area (Å²) in [7, 11) is 0. The van der Waals surface area contributed by atoms with Gasteiger partial charge < -0.3 is 5.32 Å². The Morgan fingerprint density at radius 1 is 1.33 bits per heavy atom. The van der Waals surface area contributed by atoms with Crippen LogP contribution in [0.3, 0.4) is 0 Å². The molecule has 0 spiro atoms. The third-order valence-corrected chi connectivity index (χ3v) is 4.82. The molecule has 1 aliphatic carbocycles. The second-order valence-corrected chi connectivity index (χ2v) is 6.73. The van der Waals surface area contributed by atoms with Crippen LogP contribution in [0.25, 0.3) is 0 Å². The zero-order valence-electron chi connectivity index (χ0n) is 12.1. The van der Waals surface area contributed by atoms with Gasteiger partial charge in [-0.3, -0.25) is 4.79 Å². The van der Waals surface area contributed by atoms with E-state index in [-0.39, 0.29) is 11.8 Å². The SMILES string of the molecule is Cc1nnc(CCNC(=O)C2CCc3ccccc3C2)s1. The first kappa shape index (κ1) is 14.2. The number of aryl methyl sites for hydroxylation is 2. The molecule has 0 aliphatic heterocycles. The van der Waals surface area contributed by atoms with E-state index >= 15 is 0 Å². The normalized spacial score (nSPS) is 17.3. The van der Waals surface area contributed by atoms with Crippen LogP contribution in [-0.2, 0) is 24.1 Å². The number of fused-ring (bicyclic) bond motifs is 1. The molecule has 1 atom stereocenters. The fourth-order valence-electron chi connectivity index (χ4n) is 2.80. The first-order chi connectivity index (χ1) is 10.2. The molecule has 1 aromatic carbocycles. The number of amides is 1. The molecule has 0 bridgehead atoms. The van der Waals surface area contributed by atoms with Crippen molar-refractivity contribution in [3.8, 4) is 0 Å². The number of carbonyl (C=O) groups excluding carboxylic acids is 1. The van der Waals surface area contributed by atoms with Crippen molar-refractivity contribution < 1.29 is 4.79 Å². The van der Waals surface area contributed by atoms with Crippen LogP contribution < -0.4 is 5.32 Å². The van der Waals surface area contributed by atoms with Gasteiger partial charge >= 0.3 is 0 Å². The topological polar surface area (TPSA) is 54.9 Å². The van der Waals surface area contributed by atoms with Gasteiger partial charge in [-0.05, 0) is 37.3 Å². The average molecular weight is 301 g/mol. The van der Waals surface area contributed by atoms with Gasteiger partial charge in [0, 0.05) is 18.9 Å². The molecule has 110 valence electrons. The van der Waals surface area contributed by atoms with E-state index < -0.39 is 0 Å². The molecule has 1 aliphatic rings. The predicted octanol–water partition coefficient (Wildman–Crippen LogP) is 2.31. The molecule has 1 aromatic heterocycles. The van der Waals surface area contributed by atoms with Gasteiger partial charge in [0.05, 0.1) is 0 Å². The molecule has 3 rings (SSSR count). The maximum absolute atomic E-state index is 12.3. The summed E-state index contributed by atoms with van der Waals surface area (Å²) >= 11 is 1.59. The standard InChI is InChI=1S/C16H19N3OS/c1-11-18-19-15(21-11)8-9-17-16(20)14-7-6-12-4-2-3-5-13(12)10-14/h2-5,14H,6-10H2,1H3,(H,17,20). The van der Waals surface area contributed by atoms with Crippen molar-refractivity contribution >= 4 is 17.2 Å². The number of carbonyl (C=O) groups is 1. The minimum atomic E-state index is 0.107. The fraction of sp³-hybridized carbons (Fsp3) is 0.438. The van der Waals surface area contributed by atoms with Crippen molar-refractivity contribution in [2.75, 3.05) is 6.54 Å². The van der Waals surface area contributed by atoms with Crippen molar-refractivity contribution in [2.45, 2.75) is 32.6 Å². The van der Waals surface area contributed by atoms with Gasteiger partial charge in [0.2, 0.25) is 5.91 Å². The quantitative estimate of drug-likeness (QED) is 0.943. The Hall–Kier alpha value is -1.75. The molecule has 0 radical (unpaired) electrons. The molecule has 5 heteroatoms. The lowest BCUT2D eigenvalue weighted by Crippen LogP contribution is -2.35. The van der Waals surface area contributed by atoms with Gasteiger partial charge in [0.25, 0.3) is 0 Å². The number of nitrogens with zero attached hydrogens (tertiary/aromatic N) is 2. The van der Waals surface area contributed by atoms with E-state index in [0.29, 0.717) is 6.54 Å². The Bertz CT molecular complexity index is 638. The van der Waals surface area contributed by atoms with E-state index in [2.05, 4.69) is 39.8 Å². The zero-order valence-corrected chi connectivity index (χ0v) is 12.9. The molecule has 21 heavy (non-hydrogen) atoms. The lowest BCUT2D eigenvalue weighted by Gasteiger charge is -2.23. The average Bonchev–Trinajstić information content (AvgIpc) is 2.92. The number of rotatable bonds is 4. The molecule has 0 saturated carbocycles. The van der Waals surface area contributed by atoms with E-state index in [1.807, 2.05) is 6.92 Å². The van der Waals surface area contributed by atoms with Crippen LogP contribution in [-0.4, -0.2) is 22.6 Å². The summed E-state index contributed by atoms with van der Waals surface area (Å²) in [5.41, 5.74) is 2.72. The Balaban J connectivity index is 1.50. The van der Waals surface area contributed by atoms with E-state index in [0.717, 1.165) is 35.7 Å². The smallest absolute Gasteiger partial charge is 0.223 e. The maximum atomic E-state index is 12.3. The minimum Gasteiger partial charge on any atom is -0.355 e. The highest BCUT2D eigenvalue weighted by molar-refractivity contribution is 7.11. The van der Waals surface area contributed by atoms with Crippen LogP contribution in [0.2, 0.25) is 0 Å². The van der Waals surface area contributed by atoms with Crippen LogP contribution in [0.15, 0.2) is 24.3 Å². The van der Waals surface area contributed by atoms with Crippen LogP contribution in [0.4, 0.5) is 0 Å². The lowest BCUT2D eigenvalue weighted by molar-refractivity contribution is -0.125. The van der Waals surface area contributed by atoms with Gasteiger partial charge in [0.1, 0.15) is 10.0 Å². The minimum absolute atomic E-state index is 0.107. The van der Waals surface area contributed by atoms with Gasteiger partial charge in [0.15, 0.2) is 0 Å². The monoisotopic (exact) mass is 301 g/mol. The first-order valence-corrected chi connectivity index (χ1v) is 8.17. The van der Waals surface area contributed by atoms with Gasteiger partial charge in [-0.1, -0.05) is 24.3 Å². The molecule has 4 nitrogen and oxygen atoms in total. The molecule has 2 aromatic rings. The first-order valence-electron chi connectivity index (χ1n) is 7.36. The third kappa shape index (κ3) is 3.47. The Labute approximate surface area is 128 Å². The van der Waals surface area contributed by atoms with E-state index in [1.54, 1.807) is 11.3 Å². The summed E-state index contributed by atoms with van der Waals surface area (Å²) in [5, 5.41) is 13.1. The van der Waals surface area contributed by atoms with Gasteiger partial charge in [-0.15, -0.1) is 21.5 Å². The summed E-state index contributed by atoms with van der Waals surface area (Å²) in [4.78, 5) is 12.3. The molecule has 1 amide bonds. The molecule has 0 saturated heterocycles. The van der Waals surface area contributed by atoms with Crippen LogP contribution in [0.1, 0.15) is 27.6 Å². The zero-order chi connectivity index (χ0) is 14.7. The van der Waals surface area contributed by atoms with Crippen molar-refractivity contribution in [2.24, 2.45) is 5.92 Å². The number of hydrogen-bond acceptors (Lipinski definition) is 4.